The number of nitrogens with one attached hydrogen (secondary N) is 1. The van der Waals surface area contributed by atoms with Gasteiger partial charge in [0, 0.05) is 10.5 Å². The largest absolute Gasteiger partial charge is 0.495 e. The molecular formula is C14H18BrNO3S. The zero-order valence-electron chi connectivity index (χ0n) is 11.3. The van der Waals surface area contributed by atoms with Gasteiger partial charge in [0.1, 0.15) is 10.6 Å². The summed E-state index contributed by atoms with van der Waals surface area (Å²) in [6.45, 7) is 0. The number of fused-ring (bicyclic) bond motifs is 2. The highest BCUT2D eigenvalue weighted by molar-refractivity contribution is 9.10. The van der Waals surface area contributed by atoms with E-state index in [1.807, 2.05) is 0 Å². The standard InChI is InChI=1S/C14H18BrNO3S/c1-19-13-5-4-11(15)8-14(13)20(17,18)16-12-7-9-2-3-10(12)6-9/h4-5,8-10,12,16H,2-3,6-7H2,1H3/t9-,10+,12-/m0/s1. The lowest BCUT2D eigenvalue weighted by molar-refractivity contribution is 0.385. The second-order valence-corrected chi connectivity index (χ2v) is 8.30. The first-order valence-electron chi connectivity index (χ1n) is 6.85. The van der Waals surface area contributed by atoms with Crippen LogP contribution in [0.5, 0.6) is 5.75 Å². The molecule has 0 heterocycles. The molecule has 20 heavy (non-hydrogen) atoms. The number of methoxy groups -OCH3 is 1. The Balaban J connectivity index is 1.86. The van der Waals surface area contributed by atoms with Crippen molar-refractivity contribution in [2.75, 3.05) is 7.11 Å². The van der Waals surface area contributed by atoms with Gasteiger partial charge in [0.05, 0.1) is 7.11 Å². The summed E-state index contributed by atoms with van der Waals surface area (Å²) in [6.07, 6.45) is 4.54. The lowest BCUT2D eigenvalue weighted by atomic mass is 9.96. The Morgan fingerprint density at radius 3 is 2.70 bits per heavy atom. The second kappa shape index (κ2) is 5.31. The van der Waals surface area contributed by atoms with E-state index in [1.54, 1.807) is 18.2 Å². The van der Waals surface area contributed by atoms with Crippen LogP contribution >= 0.6 is 15.9 Å². The van der Waals surface area contributed by atoms with Gasteiger partial charge in [-0.1, -0.05) is 22.4 Å². The first-order chi connectivity index (χ1) is 9.49. The minimum absolute atomic E-state index is 0.0856. The topological polar surface area (TPSA) is 55.4 Å². The number of ether oxygens (including phenoxy) is 1. The quantitative estimate of drug-likeness (QED) is 0.898. The summed E-state index contributed by atoms with van der Waals surface area (Å²) < 4.78 is 33.9. The Bertz CT molecular complexity index is 617. The molecule has 1 aromatic carbocycles. The molecule has 0 aromatic heterocycles. The molecule has 0 radical (unpaired) electrons. The predicted octanol–water partition coefficient (Wildman–Crippen LogP) is 2.92. The van der Waals surface area contributed by atoms with Gasteiger partial charge in [-0.3, -0.25) is 0 Å². The van der Waals surface area contributed by atoms with Gasteiger partial charge in [-0.2, -0.15) is 0 Å². The smallest absolute Gasteiger partial charge is 0.244 e. The van der Waals surface area contributed by atoms with Gasteiger partial charge in [-0.15, -0.1) is 0 Å². The van der Waals surface area contributed by atoms with Crippen molar-refractivity contribution in [1.29, 1.82) is 0 Å². The summed E-state index contributed by atoms with van der Waals surface area (Å²) in [6, 6.07) is 5.12. The predicted molar refractivity (Wildman–Crippen MR) is 80.3 cm³/mol. The molecule has 0 unspecified atom stereocenters. The molecule has 2 aliphatic rings. The molecule has 2 bridgehead atoms. The van der Waals surface area contributed by atoms with E-state index in [0.717, 1.165) is 17.3 Å². The minimum Gasteiger partial charge on any atom is -0.495 e. The SMILES string of the molecule is COc1ccc(Br)cc1S(=O)(=O)N[C@H]1C[C@H]2CC[C@@H]1C2. The van der Waals surface area contributed by atoms with Crippen molar-refractivity contribution in [3.63, 3.8) is 0 Å². The van der Waals surface area contributed by atoms with E-state index < -0.39 is 10.0 Å². The molecule has 0 saturated heterocycles. The monoisotopic (exact) mass is 359 g/mol. The molecule has 4 nitrogen and oxygen atoms in total. The fraction of sp³-hybridized carbons (Fsp3) is 0.571. The molecule has 1 aromatic rings. The molecule has 3 atom stereocenters. The van der Waals surface area contributed by atoms with Gasteiger partial charge < -0.3 is 4.74 Å². The van der Waals surface area contributed by atoms with E-state index in [9.17, 15) is 8.42 Å². The number of hydrogen-bond acceptors (Lipinski definition) is 3. The maximum Gasteiger partial charge on any atom is 0.244 e. The van der Waals surface area contributed by atoms with Crippen LogP contribution < -0.4 is 9.46 Å². The molecule has 2 saturated carbocycles. The second-order valence-electron chi connectivity index (χ2n) is 5.70. The number of hydrogen-bond donors (Lipinski definition) is 1. The highest BCUT2D eigenvalue weighted by atomic mass is 79.9. The van der Waals surface area contributed by atoms with Crippen LogP contribution in [0.1, 0.15) is 25.7 Å². The average Bonchev–Trinajstić information content (AvgIpc) is 3.00. The zero-order chi connectivity index (χ0) is 14.3. The van der Waals surface area contributed by atoms with Crippen molar-refractivity contribution in [3.05, 3.63) is 22.7 Å². The number of sulfonamides is 1. The fourth-order valence-electron chi connectivity index (χ4n) is 3.51. The summed E-state index contributed by atoms with van der Waals surface area (Å²) in [7, 11) is -2.05. The maximum absolute atomic E-state index is 12.6. The summed E-state index contributed by atoms with van der Waals surface area (Å²) in [5.41, 5.74) is 0. The summed E-state index contributed by atoms with van der Waals surface area (Å²) in [4.78, 5) is 0.206. The van der Waals surface area contributed by atoms with E-state index in [0.29, 0.717) is 17.6 Å². The van der Waals surface area contributed by atoms with E-state index >= 15 is 0 Å². The first-order valence-corrected chi connectivity index (χ1v) is 9.13. The van der Waals surface area contributed by atoms with Crippen molar-refractivity contribution in [1.82, 2.24) is 4.72 Å². The zero-order valence-corrected chi connectivity index (χ0v) is 13.7. The van der Waals surface area contributed by atoms with Crippen LogP contribution in [0.4, 0.5) is 0 Å². The third-order valence-electron chi connectivity index (χ3n) is 4.46. The summed E-state index contributed by atoms with van der Waals surface area (Å²) >= 11 is 3.32. The van der Waals surface area contributed by atoms with Crippen LogP contribution in [0.2, 0.25) is 0 Å². The molecule has 6 heteroatoms. The average molecular weight is 360 g/mol. The van der Waals surface area contributed by atoms with E-state index in [2.05, 4.69) is 20.7 Å². The van der Waals surface area contributed by atoms with E-state index in [-0.39, 0.29) is 10.9 Å². The molecular weight excluding hydrogens is 342 g/mol. The Kier molecular flexibility index (Phi) is 3.81. The molecule has 110 valence electrons. The van der Waals surface area contributed by atoms with Crippen molar-refractivity contribution >= 4 is 26.0 Å². The number of rotatable bonds is 4. The first kappa shape index (κ1) is 14.4. The highest BCUT2D eigenvalue weighted by Crippen LogP contribution is 2.45. The highest BCUT2D eigenvalue weighted by Gasteiger charge is 2.41. The summed E-state index contributed by atoms with van der Waals surface area (Å²) in [5, 5.41) is 0. The molecule has 2 fully saturated rings. The van der Waals surface area contributed by atoms with Crippen molar-refractivity contribution in [2.45, 2.75) is 36.6 Å². The molecule has 3 rings (SSSR count). The molecule has 0 aliphatic heterocycles. The van der Waals surface area contributed by atoms with Crippen molar-refractivity contribution in [3.8, 4) is 5.75 Å². The Morgan fingerprint density at radius 2 is 2.10 bits per heavy atom. The number of benzene rings is 1. The van der Waals surface area contributed by atoms with E-state index in [1.165, 1.54) is 20.0 Å². The lowest BCUT2D eigenvalue weighted by Crippen LogP contribution is -2.38. The van der Waals surface area contributed by atoms with Crippen molar-refractivity contribution in [2.24, 2.45) is 11.8 Å². The maximum atomic E-state index is 12.6. The van der Waals surface area contributed by atoms with Crippen LogP contribution in [0.3, 0.4) is 0 Å². The van der Waals surface area contributed by atoms with E-state index in [4.69, 9.17) is 4.74 Å². The lowest BCUT2D eigenvalue weighted by Gasteiger charge is -2.23. The van der Waals surface area contributed by atoms with Crippen LogP contribution in [0, 0.1) is 11.8 Å². The Hall–Kier alpha value is -0.590. The van der Waals surface area contributed by atoms with Crippen LogP contribution in [-0.2, 0) is 10.0 Å². The molecule has 0 spiro atoms. The third-order valence-corrected chi connectivity index (χ3v) is 6.46. The summed E-state index contributed by atoms with van der Waals surface area (Å²) in [5.74, 6) is 1.59. The molecule has 1 N–H and O–H groups in total. The van der Waals surface area contributed by atoms with Gasteiger partial charge in [0.2, 0.25) is 10.0 Å². The van der Waals surface area contributed by atoms with Crippen LogP contribution in [0.15, 0.2) is 27.6 Å². The minimum atomic E-state index is -3.54. The normalized spacial score (nSPS) is 28.8. The third kappa shape index (κ3) is 2.61. The Labute approximate surface area is 128 Å². The van der Waals surface area contributed by atoms with Crippen LogP contribution in [0.25, 0.3) is 0 Å². The van der Waals surface area contributed by atoms with Gasteiger partial charge in [0.15, 0.2) is 0 Å². The molecule has 2 aliphatic carbocycles. The fourth-order valence-corrected chi connectivity index (χ4v) is 5.54. The van der Waals surface area contributed by atoms with Crippen molar-refractivity contribution < 1.29 is 13.2 Å². The van der Waals surface area contributed by atoms with Crippen LogP contribution in [-0.4, -0.2) is 21.6 Å². The van der Waals surface area contributed by atoms with Gasteiger partial charge in [0.25, 0.3) is 0 Å². The van der Waals surface area contributed by atoms with Gasteiger partial charge in [-0.25, -0.2) is 13.1 Å². The molecule has 0 amide bonds. The Morgan fingerprint density at radius 1 is 1.30 bits per heavy atom. The number of halogens is 1. The van der Waals surface area contributed by atoms with Gasteiger partial charge in [-0.05, 0) is 49.3 Å². The van der Waals surface area contributed by atoms with Gasteiger partial charge >= 0.3 is 0 Å².